The van der Waals surface area contributed by atoms with Crippen molar-refractivity contribution in [3.05, 3.63) is 16.4 Å². The Bertz CT molecular complexity index is 441. The first-order valence-corrected chi connectivity index (χ1v) is 8.52. The number of rotatable bonds is 8. The Balaban J connectivity index is 1.94. The minimum atomic E-state index is 0.453. The molecule has 0 bridgehead atoms. The predicted molar refractivity (Wildman–Crippen MR) is 86.9 cm³/mol. The first-order valence-electron chi connectivity index (χ1n) is 8.14. The number of hydrogen-bond acceptors (Lipinski definition) is 3. The summed E-state index contributed by atoms with van der Waals surface area (Å²) in [5.41, 5.74) is 2.23. The molecule has 1 aromatic heterocycles. The molecule has 5 heteroatoms. The number of halogens is 1. The molecule has 0 spiro atoms. The molecule has 4 nitrogen and oxygen atoms in total. The van der Waals surface area contributed by atoms with E-state index in [0.717, 1.165) is 49.7 Å². The molecule has 1 aliphatic rings. The van der Waals surface area contributed by atoms with Gasteiger partial charge in [-0.3, -0.25) is 4.68 Å². The van der Waals surface area contributed by atoms with Crippen LogP contribution in [0.15, 0.2) is 0 Å². The summed E-state index contributed by atoms with van der Waals surface area (Å²) in [5, 5.41) is 8.84. The van der Waals surface area contributed by atoms with Crippen molar-refractivity contribution in [2.75, 3.05) is 13.2 Å². The normalized spacial score (nSPS) is 20.1. The van der Waals surface area contributed by atoms with Gasteiger partial charge < -0.3 is 10.1 Å². The third-order valence-electron chi connectivity index (χ3n) is 4.26. The third-order valence-corrected chi connectivity index (χ3v) is 4.74. The van der Waals surface area contributed by atoms with Crippen LogP contribution < -0.4 is 5.32 Å². The van der Waals surface area contributed by atoms with Crippen LogP contribution >= 0.6 is 11.6 Å². The van der Waals surface area contributed by atoms with Crippen LogP contribution in [0.4, 0.5) is 0 Å². The molecule has 2 rings (SSSR count). The molecular weight excluding hydrogens is 286 g/mol. The lowest BCUT2D eigenvalue weighted by molar-refractivity contribution is 0.0995. The largest absolute Gasteiger partial charge is 0.378 e. The van der Waals surface area contributed by atoms with E-state index in [2.05, 4.69) is 17.3 Å². The van der Waals surface area contributed by atoms with Crippen molar-refractivity contribution in [3.63, 3.8) is 0 Å². The summed E-state index contributed by atoms with van der Waals surface area (Å²) in [6.45, 7) is 6.23. The number of aromatic nitrogens is 2. The Morgan fingerprint density at radius 2 is 2.33 bits per heavy atom. The second-order valence-electron chi connectivity index (χ2n) is 6.05. The van der Waals surface area contributed by atoms with E-state index in [4.69, 9.17) is 16.3 Å². The van der Waals surface area contributed by atoms with E-state index in [1.807, 2.05) is 14.0 Å². The standard InChI is InChI=1S/C16H28ClN3O/c1-4-9-18-13(7-8-14-6-5-10-21-14)11-15-12(2)19-20(3)16(15)17/h13-14,18H,4-11H2,1-3H3. The second kappa shape index (κ2) is 8.16. The summed E-state index contributed by atoms with van der Waals surface area (Å²) < 4.78 is 7.51. The van der Waals surface area contributed by atoms with Gasteiger partial charge in [-0.15, -0.1) is 0 Å². The number of nitrogens with one attached hydrogen (secondary N) is 1. The summed E-state index contributed by atoms with van der Waals surface area (Å²) in [7, 11) is 1.90. The van der Waals surface area contributed by atoms with E-state index >= 15 is 0 Å². The molecule has 1 saturated heterocycles. The molecule has 0 aliphatic carbocycles. The fourth-order valence-electron chi connectivity index (χ4n) is 3.04. The van der Waals surface area contributed by atoms with Gasteiger partial charge in [-0.05, 0) is 52.0 Å². The highest BCUT2D eigenvalue weighted by molar-refractivity contribution is 6.30. The molecule has 1 fully saturated rings. The SMILES string of the molecule is CCCNC(CCC1CCCO1)Cc1c(C)nn(C)c1Cl. The first kappa shape index (κ1) is 16.8. The maximum atomic E-state index is 6.37. The van der Waals surface area contributed by atoms with E-state index in [-0.39, 0.29) is 0 Å². The van der Waals surface area contributed by atoms with Gasteiger partial charge in [0.15, 0.2) is 0 Å². The fraction of sp³-hybridized carbons (Fsp3) is 0.812. The summed E-state index contributed by atoms with van der Waals surface area (Å²) >= 11 is 6.37. The van der Waals surface area contributed by atoms with Gasteiger partial charge in [0.2, 0.25) is 0 Å². The van der Waals surface area contributed by atoms with Crippen LogP contribution in [0.5, 0.6) is 0 Å². The van der Waals surface area contributed by atoms with Crippen LogP contribution in [0, 0.1) is 6.92 Å². The topological polar surface area (TPSA) is 39.1 Å². The summed E-state index contributed by atoms with van der Waals surface area (Å²) in [4.78, 5) is 0. The van der Waals surface area contributed by atoms with Crippen LogP contribution in [-0.4, -0.2) is 35.1 Å². The third kappa shape index (κ3) is 4.70. The zero-order chi connectivity index (χ0) is 15.2. The van der Waals surface area contributed by atoms with Crippen LogP contribution in [-0.2, 0) is 18.2 Å². The van der Waals surface area contributed by atoms with Gasteiger partial charge in [-0.25, -0.2) is 0 Å². The molecule has 0 radical (unpaired) electrons. The maximum Gasteiger partial charge on any atom is 0.130 e. The quantitative estimate of drug-likeness (QED) is 0.800. The highest BCUT2D eigenvalue weighted by atomic mass is 35.5. The average Bonchev–Trinajstić information content (AvgIpc) is 3.05. The van der Waals surface area contributed by atoms with E-state index in [1.165, 1.54) is 18.4 Å². The lowest BCUT2D eigenvalue weighted by Crippen LogP contribution is -2.33. The molecule has 2 unspecified atom stereocenters. The fourth-order valence-corrected chi connectivity index (χ4v) is 3.29. The molecular formula is C16H28ClN3O. The van der Waals surface area contributed by atoms with Gasteiger partial charge >= 0.3 is 0 Å². The van der Waals surface area contributed by atoms with Crippen LogP contribution in [0.1, 0.15) is 50.3 Å². The van der Waals surface area contributed by atoms with Gasteiger partial charge in [0, 0.05) is 25.3 Å². The number of hydrogen-bond donors (Lipinski definition) is 1. The van der Waals surface area contributed by atoms with E-state index in [9.17, 15) is 0 Å². The second-order valence-corrected chi connectivity index (χ2v) is 6.40. The molecule has 0 saturated carbocycles. The van der Waals surface area contributed by atoms with Gasteiger partial charge in [0.1, 0.15) is 5.15 Å². The van der Waals surface area contributed by atoms with Gasteiger partial charge in [-0.1, -0.05) is 18.5 Å². The van der Waals surface area contributed by atoms with Crippen molar-refractivity contribution >= 4 is 11.6 Å². The van der Waals surface area contributed by atoms with Crippen molar-refractivity contribution < 1.29 is 4.74 Å². The number of ether oxygens (including phenoxy) is 1. The Morgan fingerprint density at radius 1 is 1.52 bits per heavy atom. The van der Waals surface area contributed by atoms with Crippen molar-refractivity contribution in [1.82, 2.24) is 15.1 Å². The van der Waals surface area contributed by atoms with Crippen LogP contribution in [0.25, 0.3) is 0 Å². The lowest BCUT2D eigenvalue weighted by Gasteiger charge is -2.20. The number of aryl methyl sites for hydroxylation is 2. The molecule has 21 heavy (non-hydrogen) atoms. The molecule has 120 valence electrons. The van der Waals surface area contributed by atoms with Crippen molar-refractivity contribution in [3.8, 4) is 0 Å². The number of nitrogens with zero attached hydrogens (tertiary/aromatic N) is 2. The minimum absolute atomic E-state index is 0.453. The molecule has 2 heterocycles. The van der Waals surface area contributed by atoms with Gasteiger partial charge in [0.05, 0.1) is 11.8 Å². The van der Waals surface area contributed by atoms with E-state index in [1.54, 1.807) is 4.68 Å². The molecule has 0 amide bonds. The molecule has 0 aromatic carbocycles. The van der Waals surface area contributed by atoms with Gasteiger partial charge in [0.25, 0.3) is 0 Å². The van der Waals surface area contributed by atoms with Crippen LogP contribution in [0.3, 0.4) is 0 Å². The molecule has 2 atom stereocenters. The summed E-state index contributed by atoms with van der Waals surface area (Å²) in [5.74, 6) is 0. The zero-order valence-corrected chi connectivity index (χ0v) is 14.2. The Hall–Kier alpha value is -0.580. The molecule has 1 N–H and O–H groups in total. The van der Waals surface area contributed by atoms with Crippen molar-refractivity contribution in [2.24, 2.45) is 7.05 Å². The lowest BCUT2D eigenvalue weighted by atomic mass is 9.99. The summed E-state index contributed by atoms with van der Waals surface area (Å²) in [6.07, 6.45) is 7.26. The Kier molecular flexibility index (Phi) is 6.52. The maximum absolute atomic E-state index is 6.37. The zero-order valence-electron chi connectivity index (χ0n) is 13.5. The van der Waals surface area contributed by atoms with E-state index < -0.39 is 0 Å². The summed E-state index contributed by atoms with van der Waals surface area (Å²) in [6, 6.07) is 0.453. The average molecular weight is 314 g/mol. The molecule has 1 aliphatic heterocycles. The Labute approximate surface area is 133 Å². The predicted octanol–water partition coefficient (Wildman–Crippen LogP) is 3.25. The van der Waals surface area contributed by atoms with Crippen LogP contribution in [0.2, 0.25) is 5.15 Å². The van der Waals surface area contributed by atoms with Gasteiger partial charge in [-0.2, -0.15) is 5.10 Å². The minimum Gasteiger partial charge on any atom is -0.378 e. The van der Waals surface area contributed by atoms with Crippen molar-refractivity contribution in [2.45, 2.75) is 64.5 Å². The van der Waals surface area contributed by atoms with E-state index in [0.29, 0.717) is 12.1 Å². The Morgan fingerprint density at radius 3 is 2.90 bits per heavy atom. The highest BCUT2D eigenvalue weighted by Crippen LogP contribution is 2.23. The van der Waals surface area contributed by atoms with Crippen molar-refractivity contribution in [1.29, 1.82) is 0 Å². The first-order chi connectivity index (χ1) is 10.1. The molecule has 1 aromatic rings. The highest BCUT2D eigenvalue weighted by Gasteiger charge is 2.20. The monoisotopic (exact) mass is 313 g/mol. The smallest absolute Gasteiger partial charge is 0.130 e.